The number of amides is 1. The zero-order valence-corrected chi connectivity index (χ0v) is 19.1. The topological polar surface area (TPSA) is 120 Å². The number of non-ortho nitro benzene ring substituents is 1. The van der Waals surface area contributed by atoms with E-state index < -0.39 is 10.8 Å². The molecule has 10 heteroatoms. The Morgan fingerprint density at radius 2 is 1.77 bits per heavy atom. The Kier molecular flexibility index (Phi) is 7.37. The molecule has 0 bridgehead atoms. The minimum Gasteiger partial charge on any atom is -0.487 e. The fraction of sp³-hybridized carbons (Fsp3) is 0.0476. The van der Waals surface area contributed by atoms with E-state index >= 15 is 0 Å². The molecule has 0 fully saturated rings. The number of carbonyl (C=O) groups is 1. The molecule has 0 atom stereocenters. The molecule has 0 aliphatic rings. The maximum Gasteiger partial charge on any atom is 0.273 e. The lowest BCUT2D eigenvalue weighted by Gasteiger charge is -2.11. The van der Waals surface area contributed by atoms with Gasteiger partial charge in [-0.1, -0.05) is 12.1 Å². The summed E-state index contributed by atoms with van der Waals surface area (Å²) in [6, 6.07) is 16.4. The van der Waals surface area contributed by atoms with Crippen LogP contribution >= 0.6 is 31.9 Å². The van der Waals surface area contributed by atoms with Crippen molar-refractivity contribution in [1.29, 1.82) is 0 Å². The van der Waals surface area contributed by atoms with Crippen molar-refractivity contribution in [2.75, 3.05) is 5.73 Å². The predicted octanol–water partition coefficient (Wildman–Crippen LogP) is 5.04. The summed E-state index contributed by atoms with van der Waals surface area (Å²) in [4.78, 5) is 22.4. The SMILES string of the molecule is Nc1ccccc1C(=O)N/N=C/c1cc(Br)c(OCc2ccc([N+](=O)[O-])cc2)c(Br)c1. The van der Waals surface area contributed by atoms with Crippen LogP contribution in [0.1, 0.15) is 21.5 Å². The van der Waals surface area contributed by atoms with Crippen molar-refractivity contribution in [3.8, 4) is 5.75 Å². The summed E-state index contributed by atoms with van der Waals surface area (Å²) >= 11 is 6.92. The van der Waals surface area contributed by atoms with Crippen LogP contribution in [0.4, 0.5) is 11.4 Å². The van der Waals surface area contributed by atoms with Crippen LogP contribution in [0.3, 0.4) is 0 Å². The Balaban J connectivity index is 1.64. The average Bonchev–Trinajstić information content (AvgIpc) is 2.73. The Labute approximate surface area is 194 Å². The molecule has 0 spiro atoms. The fourth-order valence-electron chi connectivity index (χ4n) is 2.59. The van der Waals surface area contributed by atoms with Gasteiger partial charge in [-0.25, -0.2) is 5.43 Å². The van der Waals surface area contributed by atoms with Crippen molar-refractivity contribution < 1.29 is 14.5 Å². The van der Waals surface area contributed by atoms with Gasteiger partial charge in [-0.3, -0.25) is 14.9 Å². The molecule has 0 heterocycles. The zero-order chi connectivity index (χ0) is 22.4. The van der Waals surface area contributed by atoms with Crippen LogP contribution in [0.5, 0.6) is 5.75 Å². The molecule has 3 aromatic carbocycles. The third-order valence-electron chi connectivity index (χ3n) is 4.14. The van der Waals surface area contributed by atoms with E-state index in [1.165, 1.54) is 18.3 Å². The van der Waals surface area contributed by atoms with Gasteiger partial charge in [0, 0.05) is 17.8 Å². The quantitative estimate of drug-likeness (QED) is 0.186. The lowest BCUT2D eigenvalue weighted by molar-refractivity contribution is -0.384. The molecule has 0 aliphatic heterocycles. The highest BCUT2D eigenvalue weighted by atomic mass is 79.9. The maximum atomic E-state index is 12.1. The summed E-state index contributed by atoms with van der Waals surface area (Å²) in [6.07, 6.45) is 1.49. The Hall–Kier alpha value is -3.24. The number of nitro benzene ring substituents is 1. The monoisotopic (exact) mass is 546 g/mol. The molecule has 3 aromatic rings. The second kappa shape index (κ2) is 10.2. The molecule has 0 saturated heterocycles. The van der Waals surface area contributed by atoms with Crippen molar-refractivity contribution in [2.24, 2.45) is 5.10 Å². The molecule has 158 valence electrons. The first-order chi connectivity index (χ1) is 14.8. The smallest absolute Gasteiger partial charge is 0.273 e. The van der Waals surface area contributed by atoms with Crippen LogP contribution < -0.4 is 15.9 Å². The van der Waals surface area contributed by atoms with E-state index in [-0.39, 0.29) is 12.3 Å². The number of rotatable bonds is 7. The lowest BCUT2D eigenvalue weighted by Crippen LogP contribution is -2.19. The number of benzene rings is 3. The first-order valence-electron chi connectivity index (χ1n) is 8.88. The number of ether oxygens (including phenoxy) is 1. The van der Waals surface area contributed by atoms with Crippen LogP contribution in [-0.4, -0.2) is 17.0 Å². The second-order valence-electron chi connectivity index (χ2n) is 6.31. The number of hydrazone groups is 1. The highest BCUT2D eigenvalue weighted by Gasteiger charge is 2.11. The molecular formula is C21H16Br2N4O4. The van der Waals surface area contributed by atoms with Crippen LogP contribution in [0, 0.1) is 10.1 Å². The van der Waals surface area contributed by atoms with Crippen LogP contribution in [0.15, 0.2) is 74.7 Å². The van der Waals surface area contributed by atoms with Crippen molar-refractivity contribution >= 4 is 55.4 Å². The van der Waals surface area contributed by atoms with Gasteiger partial charge in [-0.2, -0.15) is 5.10 Å². The highest BCUT2D eigenvalue weighted by molar-refractivity contribution is 9.11. The summed E-state index contributed by atoms with van der Waals surface area (Å²) in [6.45, 7) is 0.233. The molecule has 0 radical (unpaired) electrons. The van der Waals surface area contributed by atoms with Crippen molar-refractivity contribution in [2.45, 2.75) is 6.61 Å². The van der Waals surface area contributed by atoms with Gasteiger partial charge in [0.1, 0.15) is 12.4 Å². The summed E-state index contributed by atoms with van der Waals surface area (Å²) in [5.41, 5.74) is 10.5. The van der Waals surface area contributed by atoms with Gasteiger partial charge in [-0.05, 0) is 79.4 Å². The summed E-state index contributed by atoms with van der Waals surface area (Å²) in [5, 5.41) is 14.7. The lowest BCUT2D eigenvalue weighted by atomic mass is 10.2. The van der Waals surface area contributed by atoms with E-state index in [2.05, 4.69) is 42.4 Å². The largest absolute Gasteiger partial charge is 0.487 e. The molecule has 0 aromatic heterocycles. The van der Waals surface area contributed by atoms with Gasteiger partial charge in [-0.15, -0.1) is 0 Å². The molecule has 3 rings (SSSR count). The van der Waals surface area contributed by atoms with Crippen LogP contribution in [0.2, 0.25) is 0 Å². The molecule has 8 nitrogen and oxygen atoms in total. The van der Waals surface area contributed by atoms with Gasteiger partial charge < -0.3 is 10.5 Å². The molecule has 31 heavy (non-hydrogen) atoms. The Bertz CT molecular complexity index is 1130. The Morgan fingerprint density at radius 1 is 1.13 bits per heavy atom. The minimum atomic E-state index is -0.449. The summed E-state index contributed by atoms with van der Waals surface area (Å²) in [5.74, 6) is 0.159. The van der Waals surface area contributed by atoms with Crippen LogP contribution in [-0.2, 0) is 6.61 Å². The minimum absolute atomic E-state index is 0.0248. The fourth-order valence-corrected chi connectivity index (χ4v) is 4.04. The zero-order valence-electron chi connectivity index (χ0n) is 15.9. The molecule has 0 saturated carbocycles. The van der Waals surface area contributed by atoms with Crippen LogP contribution in [0.25, 0.3) is 0 Å². The molecular weight excluding hydrogens is 532 g/mol. The molecule has 0 unspecified atom stereocenters. The number of anilines is 1. The highest BCUT2D eigenvalue weighted by Crippen LogP contribution is 2.35. The van der Waals surface area contributed by atoms with E-state index in [9.17, 15) is 14.9 Å². The number of carbonyl (C=O) groups excluding carboxylic acids is 1. The van der Waals surface area contributed by atoms with E-state index in [1.54, 1.807) is 48.5 Å². The number of hydrogen-bond donors (Lipinski definition) is 2. The normalized spacial score (nSPS) is 10.8. The van der Waals surface area contributed by atoms with Crippen molar-refractivity contribution in [3.63, 3.8) is 0 Å². The van der Waals surface area contributed by atoms with E-state index in [0.717, 1.165) is 5.56 Å². The third-order valence-corrected chi connectivity index (χ3v) is 5.31. The predicted molar refractivity (Wildman–Crippen MR) is 125 cm³/mol. The van der Waals surface area contributed by atoms with Gasteiger partial charge in [0.05, 0.1) is 25.6 Å². The summed E-state index contributed by atoms with van der Waals surface area (Å²) in [7, 11) is 0. The number of nitrogens with one attached hydrogen (secondary N) is 1. The van der Waals surface area contributed by atoms with E-state index in [4.69, 9.17) is 10.5 Å². The summed E-state index contributed by atoms with van der Waals surface area (Å²) < 4.78 is 7.17. The third kappa shape index (κ3) is 5.89. The average molecular weight is 548 g/mol. The Morgan fingerprint density at radius 3 is 2.39 bits per heavy atom. The second-order valence-corrected chi connectivity index (χ2v) is 8.02. The van der Waals surface area contributed by atoms with Gasteiger partial charge >= 0.3 is 0 Å². The molecule has 3 N–H and O–H groups in total. The molecule has 1 amide bonds. The number of nitrogens with two attached hydrogens (primary N) is 1. The van der Waals surface area contributed by atoms with E-state index in [1.807, 2.05) is 0 Å². The molecule has 0 aliphatic carbocycles. The first-order valence-corrected chi connectivity index (χ1v) is 10.5. The number of para-hydroxylation sites is 1. The van der Waals surface area contributed by atoms with Gasteiger partial charge in [0.25, 0.3) is 11.6 Å². The van der Waals surface area contributed by atoms with Gasteiger partial charge in [0.2, 0.25) is 0 Å². The first kappa shape index (κ1) is 22.4. The van der Waals surface area contributed by atoms with Crippen molar-refractivity contribution in [1.82, 2.24) is 5.43 Å². The standard InChI is InChI=1S/C21H16Br2N4O4/c22-17-9-14(11-25-26-21(28)16-3-1-2-4-19(16)24)10-18(23)20(17)31-12-13-5-7-15(8-6-13)27(29)30/h1-11H,12,24H2,(H,26,28)/b25-11+. The number of nitrogens with zero attached hydrogens (tertiary/aromatic N) is 2. The van der Waals surface area contributed by atoms with Gasteiger partial charge in [0.15, 0.2) is 0 Å². The number of nitrogen functional groups attached to an aromatic ring is 1. The maximum absolute atomic E-state index is 12.1. The number of hydrogen-bond acceptors (Lipinski definition) is 6. The number of nitro groups is 1. The van der Waals surface area contributed by atoms with Crippen molar-refractivity contribution in [3.05, 3.63) is 96.4 Å². The number of halogens is 2. The van der Waals surface area contributed by atoms with E-state index in [0.29, 0.717) is 31.5 Å².